The maximum atomic E-state index is 5.88. The number of ether oxygens (including phenoxy) is 1. The third kappa shape index (κ3) is 1.50. The Morgan fingerprint density at radius 3 is 2.89 bits per heavy atom. The summed E-state index contributed by atoms with van der Waals surface area (Å²) >= 11 is 0. The smallest absolute Gasteiger partial charge is 0.211 e. The van der Waals surface area contributed by atoms with Crippen LogP contribution >= 0.6 is 0 Å². The molecule has 0 spiro atoms. The van der Waals surface area contributed by atoms with Crippen molar-refractivity contribution in [1.82, 2.24) is 19.7 Å². The minimum Gasteiger partial charge on any atom is -0.481 e. The van der Waals surface area contributed by atoms with Crippen LogP contribution in [0.2, 0.25) is 0 Å². The first-order valence-electron chi connectivity index (χ1n) is 5.51. The van der Waals surface area contributed by atoms with E-state index in [-0.39, 0.29) is 0 Å². The van der Waals surface area contributed by atoms with Gasteiger partial charge in [0.15, 0.2) is 5.82 Å². The fraction of sp³-hybridized carbons (Fsp3) is 0.167. The molecule has 18 heavy (non-hydrogen) atoms. The molecule has 0 aliphatic heterocycles. The maximum Gasteiger partial charge on any atom is 0.211 e. The van der Waals surface area contributed by atoms with Gasteiger partial charge >= 0.3 is 0 Å². The first kappa shape index (κ1) is 10.6. The average Bonchev–Trinajstić information content (AvgIpc) is 2.93. The molecule has 0 bridgehead atoms. The van der Waals surface area contributed by atoms with Crippen LogP contribution < -0.4 is 10.5 Å². The van der Waals surface area contributed by atoms with Crippen molar-refractivity contribution in [3.63, 3.8) is 0 Å². The fourth-order valence-electron chi connectivity index (χ4n) is 1.93. The Morgan fingerprint density at radius 1 is 1.39 bits per heavy atom. The van der Waals surface area contributed by atoms with Crippen LogP contribution in [0.25, 0.3) is 22.6 Å². The topological polar surface area (TPSA) is 81.8 Å². The predicted molar refractivity (Wildman–Crippen MR) is 69.3 cm³/mol. The molecule has 0 amide bonds. The highest BCUT2D eigenvalue weighted by atomic mass is 16.5. The van der Waals surface area contributed by atoms with Gasteiger partial charge in [-0.2, -0.15) is 5.10 Å². The minimum absolute atomic E-state index is 0.651. The maximum absolute atomic E-state index is 5.88. The second-order valence-corrected chi connectivity index (χ2v) is 4.02. The van der Waals surface area contributed by atoms with Crippen LogP contribution in [-0.2, 0) is 7.05 Å². The lowest BCUT2D eigenvalue weighted by Crippen LogP contribution is -1.94. The molecule has 6 heteroatoms. The zero-order chi connectivity index (χ0) is 12.7. The number of aromatic amines is 1. The molecule has 0 fully saturated rings. The highest BCUT2D eigenvalue weighted by Crippen LogP contribution is 2.25. The number of benzene rings is 1. The number of aromatic nitrogens is 4. The van der Waals surface area contributed by atoms with Gasteiger partial charge in [-0.25, -0.2) is 9.67 Å². The number of imidazole rings is 1. The van der Waals surface area contributed by atoms with Crippen LogP contribution in [0, 0.1) is 0 Å². The SMILES string of the molecule is COc1cc(-c2nc3c(N)cccc3[nH]2)nn1C. The normalized spacial score (nSPS) is 11.0. The van der Waals surface area contributed by atoms with Crippen molar-refractivity contribution in [3.05, 3.63) is 24.3 Å². The molecule has 3 N–H and O–H groups in total. The van der Waals surface area contributed by atoms with Gasteiger partial charge < -0.3 is 15.5 Å². The van der Waals surface area contributed by atoms with E-state index in [1.165, 1.54) is 0 Å². The van der Waals surface area contributed by atoms with Gasteiger partial charge in [0.2, 0.25) is 5.88 Å². The Balaban J connectivity index is 2.16. The number of nitrogens with two attached hydrogens (primary N) is 1. The highest BCUT2D eigenvalue weighted by molar-refractivity contribution is 5.89. The Morgan fingerprint density at radius 2 is 2.22 bits per heavy atom. The van der Waals surface area contributed by atoms with Gasteiger partial charge in [-0.3, -0.25) is 0 Å². The summed E-state index contributed by atoms with van der Waals surface area (Å²) in [6.45, 7) is 0. The molecule has 3 aromatic rings. The number of rotatable bonds is 2. The summed E-state index contributed by atoms with van der Waals surface area (Å²) in [4.78, 5) is 7.65. The quantitative estimate of drug-likeness (QED) is 0.669. The van der Waals surface area contributed by atoms with E-state index >= 15 is 0 Å². The lowest BCUT2D eigenvalue weighted by molar-refractivity contribution is 0.373. The highest BCUT2D eigenvalue weighted by Gasteiger charge is 2.12. The largest absolute Gasteiger partial charge is 0.481 e. The summed E-state index contributed by atoms with van der Waals surface area (Å²) in [6, 6.07) is 7.47. The van der Waals surface area contributed by atoms with Crippen molar-refractivity contribution in [1.29, 1.82) is 0 Å². The number of nitrogens with one attached hydrogen (secondary N) is 1. The van der Waals surface area contributed by atoms with Crippen LogP contribution in [0.5, 0.6) is 5.88 Å². The van der Waals surface area contributed by atoms with Gasteiger partial charge in [-0.15, -0.1) is 0 Å². The lowest BCUT2D eigenvalue weighted by Gasteiger charge is -1.95. The van der Waals surface area contributed by atoms with E-state index in [1.807, 2.05) is 31.3 Å². The first-order chi connectivity index (χ1) is 8.69. The van der Waals surface area contributed by atoms with E-state index in [0.717, 1.165) is 16.7 Å². The van der Waals surface area contributed by atoms with E-state index in [0.29, 0.717) is 17.4 Å². The zero-order valence-electron chi connectivity index (χ0n) is 10.1. The van der Waals surface area contributed by atoms with E-state index in [4.69, 9.17) is 10.5 Å². The standard InChI is InChI=1S/C12H13N5O/c1-17-10(18-2)6-9(16-17)12-14-8-5-3-4-7(13)11(8)15-12/h3-6H,13H2,1-2H3,(H,14,15). The summed E-state index contributed by atoms with van der Waals surface area (Å²) in [5.41, 5.74) is 8.91. The van der Waals surface area contributed by atoms with Crippen molar-refractivity contribution < 1.29 is 4.74 Å². The number of hydrogen-bond donors (Lipinski definition) is 2. The third-order valence-electron chi connectivity index (χ3n) is 2.83. The van der Waals surface area contributed by atoms with E-state index in [2.05, 4.69) is 15.1 Å². The number of para-hydroxylation sites is 1. The molecule has 0 saturated carbocycles. The molecule has 2 heterocycles. The first-order valence-corrected chi connectivity index (χ1v) is 5.51. The van der Waals surface area contributed by atoms with Gasteiger partial charge in [-0.1, -0.05) is 6.07 Å². The second-order valence-electron chi connectivity index (χ2n) is 4.02. The molecule has 2 aromatic heterocycles. The molecule has 6 nitrogen and oxygen atoms in total. The Labute approximate surface area is 103 Å². The molecule has 0 unspecified atom stereocenters. The van der Waals surface area contributed by atoms with Crippen molar-refractivity contribution in [2.24, 2.45) is 7.05 Å². The number of aryl methyl sites for hydroxylation is 1. The summed E-state index contributed by atoms with van der Waals surface area (Å²) in [6.07, 6.45) is 0. The number of anilines is 1. The lowest BCUT2D eigenvalue weighted by atomic mass is 10.3. The van der Waals surface area contributed by atoms with E-state index in [1.54, 1.807) is 11.8 Å². The van der Waals surface area contributed by atoms with Crippen LogP contribution in [0.4, 0.5) is 5.69 Å². The molecule has 0 saturated heterocycles. The Bertz CT molecular complexity index is 712. The van der Waals surface area contributed by atoms with Crippen molar-refractivity contribution in [2.75, 3.05) is 12.8 Å². The minimum atomic E-state index is 0.651. The molecule has 92 valence electrons. The molecule has 0 radical (unpaired) electrons. The summed E-state index contributed by atoms with van der Waals surface area (Å²) in [5, 5.41) is 4.33. The van der Waals surface area contributed by atoms with E-state index < -0.39 is 0 Å². The average molecular weight is 243 g/mol. The predicted octanol–water partition coefficient (Wildman–Crippen LogP) is 1.55. The number of methoxy groups -OCH3 is 1. The monoisotopic (exact) mass is 243 g/mol. The van der Waals surface area contributed by atoms with Crippen molar-refractivity contribution in [3.8, 4) is 17.4 Å². The number of nitrogen functional groups attached to an aromatic ring is 1. The van der Waals surface area contributed by atoms with Crippen LogP contribution in [-0.4, -0.2) is 26.9 Å². The van der Waals surface area contributed by atoms with Gasteiger partial charge in [0.1, 0.15) is 11.2 Å². The molecule has 1 aromatic carbocycles. The van der Waals surface area contributed by atoms with Crippen LogP contribution in [0.1, 0.15) is 0 Å². The van der Waals surface area contributed by atoms with Gasteiger partial charge in [-0.05, 0) is 12.1 Å². The molecule has 0 atom stereocenters. The Hall–Kier alpha value is -2.50. The van der Waals surface area contributed by atoms with Crippen LogP contribution in [0.15, 0.2) is 24.3 Å². The fourth-order valence-corrected chi connectivity index (χ4v) is 1.93. The number of hydrogen-bond acceptors (Lipinski definition) is 4. The Kier molecular flexibility index (Phi) is 2.22. The van der Waals surface area contributed by atoms with Gasteiger partial charge in [0, 0.05) is 13.1 Å². The number of fused-ring (bicyclic) bond motifs is 1. The molecular formula is C12H13N5O. The summed E-state index contributed by atoms with van der Waals surface area (Å²) in [7, 11) is 3.43. The van der Waals surface area contributed by atoms with Gasteiger partial charge in [0.25, 0.3) is 0 Å². The summed E-state index contributed by atoms with van der Waals surface area (Å²) < 4.78 is 6.84. The molecule has 0 aliphatic rings. The molecular weight excluding hydrogens is 230 g/mol. The molecule has 0 aliphatic carbocycles. The second kappa shape index (κ2) is 3.76. The summed E-state index contributed by atoms with van der Waals surface area (Å²) in [5.74, 6) is 1.36. The zero-order valence-corrected chi connectivity index (χ0v) is 10.1. The van der Waals surface area contributed by atoms with Crippen molar-refractivity contribution in [2.45, 2.75) is 0 Å². The van der Waals surface area contributed by atoms with Gasteiger partial charge in [0.05, 0.1) is 18.3 Å². The van der Waals surface area contributed by atoms with E-state index in [9.17, 15) is 0 Å². The number of nitrogens with zero attached hydrogens (tertiary/aromatic N) is 3. The number of H-pyrrole nitrogens is 1. The molecule has 3 rings (SSSR count). The van der Waals surface area contributed by atoms with Crippen molar-refractivity contribution >= 4 is 16.7 Å². The van der Waals surface area contributed by atoms with Crippen LogP contribution in [0.3, 0.4) is 0 Å². The third-order valence-corrected chi connectivity index (χ3v) is 2.83.